The van der Waals surface area contributed by atoms with Gasteiger partial charge in [0.2, 0.25) is 5.91 Å². The van der Waals surface area contributed by atoms with Crippen molar-refractivity contribution in [3.05, 3.63) is 82.1 Å². The number of benzene rings is 3. The average molecular weight is 602 g/mol. The maximum atomic E-state index is 13.8. The van der Waals surface area contributed by atoms with Crippen LogP contribution in [0, 0.1) is 5.82 Å². The molecule has 0 radical (unpaired) electrons. The van der Waals surface area contributed by atoms with E-state index in [1.165, 1.54) is 38.5 Å². The van der Waals surface area contributed by atoms with Crippen molar-refractivity contribution < 1.29 is 27.1 Å². The number of halogens is 3. The van der Waals surface area contributed by atoms with Crippen LogP contribution in [-0.4, -0.2) is 47.4 Å². The molecule has 1 amide bonds. The molecule has 0 heterocycles. The molecular weight excluding hydrogens is 574 g/mol. The van der Waals surface area contributed by atoms with E-state index in [1.807, 2.05) is 24.3 Å². The van der Waals surface area contributed by atoms with Crippen molar-refractivity contribution in [2.75, 3.05) is 37.4 Å². The number of hydrogen-bond donors (Lipinski definition) is 1. The number of sulfonamides is 1. The number of ether oxygens (including phenoxy) is 2. The summed E-state index contributed by atoms with van der Waals surface area (Å²) in [5.74, 6) is 0.887. The molecule has 204 valence electrons. The Morgan fingerprint density at radius 3 is 2.47 bits per heavy atom. The van der Waals surface area contributed by atoms with E-state index in [0.717, 1.165) is 33.5 Å². The predicted molar refractivity (Wildman–Crippen MR) is 151 cm³/mol. The first-order valence-corrected chi connectivity index (χ1v) is 14.8. The van der Waals surface area contributed by atoms with E-state index in [1.54, 1.807) is 11.8 Å². The molecule has 0 spiro atoms. The Morgan fingerprint density at radius 2 is 1.79 bits per heavy atom. The summed E-state index contributed by atoms with van der Waals surface area (Å²) in [6, 6.07) is 15.2. The second-order valence-corrected chi connectivity index (χ2v) is 11.8. The lowest BCUT2D eigenvalue weighted by Crippen LogP contribution is -2.41. The smallest absolute Gasteiger partial charge is 0.264 e. The van der Waals surface area contributed by atoms with Gasteiger partial charge in [0.25, 0.3) is 10.0 Å². The van der Waals surface area contributed by atoms with Gasteiger partial charge in [-0.2, -0.15) is 11.8 Å². The van der Waals surface area contributed by atoms with Crippen molar-refractivity contribution in [1.82, 2.24) is 5.32 Å². The number of nitrogens with one attached hydrogen (secondary N) is 1. The maximum Gasteiger partial charge on any atom is 0.264 e. The van der Waals surface area contributed by atoms with Gasteiger partial charge in [-0.05, 0) is 60.2 Å². The first-order chi connectivity index (χ1) is 18.1. The Morgan fingerprint density at radius 1 is 1.03 bits per heavy atom. The number of nitrogens with zero attached hydrogens (tertiary/aromatic N) is 1. The third-order valence-electron chi connectivity index (χ3n) is 5.37. The van der Waals surface area contributed by atoms with Crippen LogP contribution >= 0.6 is 35.0 Å². The summed E-state index contributed by atoms with van der Waals surface area (Å²) in [5, 5.41) is 3.16. The van der Waals surface area contributed by atoms with Crippen molar-refractivity contribution in [2.24, 2.45) is 0 Å². The van der Waals surface area contributed by atoms with Crippen LogP contribution in [0.3, 0.4) is 0 Å². The van der Waals surface area contributed by atoms with Crippen LogP contribution in [0.25, 0.3) is 0 Å². The molecule has 0 saturated carbocycles. The second kappa shape index (κ2) is 13.9. The van der Waals surface area contributed by atoms with Crippen molar-refractivity contribution in [3.8, 4) is 11.5 Å². The fraction of sp³-hybridized carbons (Fsp3) is 0.269. The molecule has 38 heavy (non-hydrogen) atoms. The molecule has 0 unspecified atom stereocenters. The minimum absolute atomic E-state index is 0.0402. The Hall–Kier alpha value is -2.66. The van der Waals surface area contributed by atoms with E-state index in [0.29, 0.717) is 23.7 Å². The fourth-order valence-electron chi connectivity index (χ4n) is 3.46. The highest BCUT2D eigenvalue weighted by Gasteiger charge is 2.29. The molecular formula is C26H27Cl2FN2O5S2. The molecule has 7 nitrogen and oxygen atoms in total. The third-order valence-corrected chi connectivity index (χ3v) is 8.78. The van der Waals surface area contributed by atoms with Gasteiger partial charge in [0.05, 0.1) is 29.8 Å². The van der Waals surface area contributed by atoms with Gasteiger partial charge < -0.3 is 14.8 Å². The van der Waals surface area contributed by atoms with Crippen molar-refractivity contribution >= 4 is 56.6 Å². The van der Waals surface area contributed by atoms with Gasteiger partial charge in [0, 0.05) is 23.4 Å². The van der Waals surface area contributed by atoms with E-state index >= 15 is 0 Å². The summed E-state index contributed by atoms with van der Waals surface area (Å²) in [7, 11) is -1.46. The average Bonchev–Trinajstić information content (AvgIpc) is 2.90. The number of carbonyl (C=O) groups is 1. The summed E-state index contributed by atoms with van der Waals surface area (Å²) >= 11 is 13.6. The van der Waals surface area contributed by atoms with E-state index in [4.69, 9.17) is 32.7 Å². The normalized spacial score (nSPS) is 11.2. The molecule has 0 bridgehead atoms. The van der Waals surface area contributed by atoms with Gasteiger partial charge in [0.1, 0.15) is 12.4 Å². The molecule has 3 aromatic carbocycles. The highest BCUT2D eigenvalue weighted by atomic mass is 35.5. The molecule has 0 aliphatic rings. The lowest BCUT2D eigenvalue weighted by Gasteiger charge is -2.24. The van der Waals surface area contributed by atoms with Crippen molar-refractivity contribution in [2.45, 2.75) is 17.1 Å². The Bertz CT molecular complexity index is 1380. The minimum atomic E-state index is -4.27. The van der Waals surface area contributed by atoms with Gasteiger partial charge in [-0.3, -0.25) is 9.10 Å². The van der Waals surface area contributed by atoms with E-state index < -0.39 is 28.3 Å². The van der Waals surface area contributed by atoms with Crippen LogP contribution in [0.2, 0.25) is 10.0 Å². The van der Waals surface area contributed by atoms with Gasteiger partial charge in [-0.1, -0.05) is 35.3 Å². The number of thioether (sulfide) groups is 1. The zero-order valence-electron chi connectivity index (χ0n) is 20.7. The van der Waals surface area contributed by atoms with Crippen LogP contribution < -0.4 is 19.1 Å². The summed E-state index contributed by atoms with van der Waals surface area (Å²) < 4.78 is 52.3. The Balaban J connectivity index is 1.69. The second-order valence-electron chi connectivity index (χ2n) is 8.01. The van der Waals surface area contributed by atoms with Crippen LogP contribution in [0.5, 0.6) is 11.5 Å². The van der Waals surface area contributed by atoms with Gasteiger partial charge in [0.15, 0.2) is 11.5 Å². The molecule has 12 heteroatoms. The monoisotopic (exact) mass is 600 g/mol. The molecule has 0 aromatic heterocycles. The molecule has 1 N–H and O–H groups in total. The number of anilines is 1. The van der Waals surface area contributed by atoms with Crippen LogP contribution in [0.4, 0.5) is 10.1 Å². The topological polar surface area (TPSA) is 84.9 Å². The predicted octanol–water partition coefficient (Wildman–Crippen LogP) is 5.78. The quantitative estimate of drug-likeness (QED) is 0.250. The Kier molecular flexibility index (Phi) is 11.0. The molecule has 0 fully saturated rings. The Labute approximate surface area is 236 Å². The third kappa shape index (κ3) is 7.92. The standard InChI is InChI=1S/C26H27Cl2FN2O5S2/c1-35-24-10-8-21(15-25(24)36-2)38(33,34)31(20-7-9-23(29)22(28)14-20)16-26(32)30-11-4-12-37-17-18-5-3-6-19(27)13-18/h3,5-10,13-15H,4,11-12,16-17H2,1-2H3,(H,30,32). The molecule has 3 aromatic rings. The largest absolute Gasteiger partial charge is 0.493 e. The highest BCUT2D eigenvalue weighted by Crippen LogP contribution is 2.33. The van der Waals surface area contributed by atoms with Crippen molar-refractivity contribution in [3.63, 3.8) is 0 Å². The van der Waals surface area contributed by atoms with E-state index in [9.17, 15) is 17.6 Å². The van der Waals surface area contributed by atoms with E-state index in [2.05, 4.69) is 5.32 Å². The lowest BCUT2D eigenvalue weighted by atomic mass is 10.2. The summed E-state index contributed by atoms with van der Waals surface area (Å²) in [5.41, 5.74) is 1.15. The summed E-state index contributed by atoms with van der Waals surface area (Å²) in [6.45, 7) is -0.176. The van der Waals surface area contributed by atoms with E-state index in [-0.39, 0.29) is 21.4 Å². The van der Waals surface area contributed by atoms with Crippen molar-refractivity contribution in [1.29, 1.82) is 0 Å². The van der Waals surface area contributed by atoms with Gasteiger partial charge >= 0.3 is 0 Å². The molecule has 0 aliphatic heterocycles. The SMILES string of the molecule is COc1ccc(S(=O)(=O)N(CC(=O)NCCCSCc2cccc(Cl)c2)c2ccc(F)c(Cl)c2)cc1OC. The van der Waals surface area contributed by atoms with Crippen LogP contribution in [-0.2, 0) is 20.6 Å². The van der Waals surface area contributed by atoms with Crippen LogP contribution in [0.1, 0.15) is 12.0 Å². The maximum absolute atomic E-state index is 13.8. The first kappa shape index (κ1) is 29.9. The summed E-state index contributed by atoms with van der Waals surface area (Å²) in [4.78, 5) is 12.6. The zero-order chi connectivity index (χ0) is 27.7. The fourth-order valence-corrected chi connectivity index (χ4v) is 6.19. The van der Waals surface area contributed by atoms with Gasteiger partial charge in [-0.25, -0.2) is 12.8 Å². The number of hydrogen-bond acceptors (Lipinski definition) is 6. The number of amides is 1. The highest BCUT2D eigenvalue weighted by molar-refractivity contribution is 7.98. The molecule has 0 aliphatic carbocycles. The molecule has 0 atom stereocenters. The number of rotatable bonds is 13. The van der Waals surface area contributed by atoms with Gasteiger partial charge in [-0.15, -0.1) is 0 Å². The molecule has 0 saturated heterocycles. The minimum Gasteiger partial charge on any atom is -0.493 e. The number of methoxy groups -OCH3 is 2. The molecule has 3 rings (SSSR count). The number of carbonyl (C=O) groups excluding carboxylic acids is 1. The van der Waals surface area contributed by atoms with Crippen LogP contribution in [0.15, 0.2) is 65.6 Å². The zero-order valence-corrected chi connectivity index (χ0v) is 23.9. The first-order valence-electron chi connectivity index (χ1n) is 11.4. The lowest BCUT2D eigenvalue weighted by molar-refractivity contribution is -0.119. The summed E-state index contributed by atoms with van der Waals surface area (Å²) in [6.07, 6.45) is 0.682.